The second kappa shape index (κ2) is 9.15. The fourth-order valence-electron chi connectivity index (χ4n) is 2.76. The summed E-state index contributed by atoms with van der Waals surface area (Å²) >= 11 is 0. The number of rotatable bonds is 7. The number of carbonyl (C=O) groups excluding carboxylic acids is 1. The molecule has 2 rings (SSSR count). The molecule has 2 aromatic rings. The van der Waals surface area contributed by atoms with Crippen molar-refractivity contribution in [2.24, 2.45) is 0 Å². The van der Waals surface area contributed by atoms with Gasteiger partial charge in [0.25, 0.3) is 0 Å². The predicted molar refractivity (Wildman–Crippen MR) is 108 cm³/mol. The molecule has 0 unspecified atom stereocenters. The summed E-state index contributed by atoms with van der Waals surface area (Å²) in [5, 5.41) is 2.65. The fraction of sp³-hybridized carbons (Fsp3) is 0.350. The molecule has 0 aliphatic rings. The first-order valence-corrected chi connectivity index (χ1v) is 10.4. The molecule has 0 fully saturated rings. The summed E-state index contributed by atoms with van der Waals surface area (Å²) in [7, 11) is 0.863. The van der Waals surface area contributed by atoms with Crippen LogP contribution < -0.4 is 5.32 Å². The van der Waals surface area contributed by atoms with Crippen LogP contribution in [0.1, 0.15) is 16.7 Å². The van der Waals surface area contributed by atoms with Crippen molar-refractivity contribution in [1.82, 2.24) is 9.21 Å². The van der Waals surface area contributed by atoms with E-state index in [2.05, 4.69) is 5.32 Å². The molecule has 0 aromatic heterocycles. The van der Waals surface area contributed by atoms with Crippen molar-refractivity contribution >= 4 is 21.6 Å². The number of nitrogens with zero attached hydrogens (tertiary/aromatic N) is 2. The van der Waals surface area contributed by atoms with E-state index in [-0.39, 0.29) is 23.9 Å². The van der Waals surface area contributed by atoms with Crippen molar-refractivity contribution in [2.75, 3.05) is 33.0 Å². The predicted octanol–water partition coefficient (Wildman–Crippen LogP) is 3.33. The lowest BCUT2D eigenvalue weighted by atomic mass is 10.1. The molecule has 1 amide bonds. The number of alkyl halides is 3. The number of nitrogens with one attached hydrogen (secondary N) is 1. The Hall–Kier alpha value is -2.43. The highest BCUT2D eigenvalue weighted by molar-refractivity contribution is 7.89. The number of amides is 1. The lowest BCUT2D eigenvalue weighted by Crippen LogP contribution is -2.30. The molecule has 0 atom stereocenters. The molecule has 0 aliphatic carbocycles. The third kappa shape index (κ3) is 6.04. The summed E-state index contributed by atoms with van der Waals surface area (Å²) < 4.78 is 63.8. The highest BCUT2D eigenvalue weighted by Gasteiger charge is 2.30. The van der Waals surface area contributed by atoms with E-state index in [1.54, 1.807) is 31.0 Å². The van der Waals surface area contributed by atoms with Gasteiger partial charge in [0.2, 0.25) is 15.9 Å². The Balaban J connectivity index is 2.02. The molecule has 0 spiro atoms. The third-order valence-electron chi connectivity index (χ3n) is 4.38. The molecule has 30 heavy (non-hydrogen) atoms. The van der Waals surface area contributed by atoms with Crippen LogP contribution in [0.4, 0.5) is 18.9 Å². The van der Waals surface area contributed by atoms with E-state index >= 15 is 0 Å². The number of hydrogen-bond donors (Lipinski definition) is 1. The standard InChI is InChI=1S/C20H24F3N3O3S/c1-14-5-10-17(11-18(14)30(28,29)25(2)3)24-19(27)13-26(4)12-15-6-8-16(9-7-15)20(21,22)23/h5-11H,12-13H2,1-4H3,(H,24,27). The molecule has 0 saturated carbocycles. The minimum atomic E-state index is -4.39. The van der Waals surface area contributed by atoms with E-state index in [1.807, 2.05) is 0 Å². The normalized spacial score (nSPS) is 12.4. The Morgan fingerprint density at radius 3 is 2.17 bits per heavy atom. The number of benzene rings is 2. The molecule has 2 aromatic carbocycles. The van der Waals surface area contributed by atoms with Gasteiger partial charge in [-0.15, -0.1) is 0 Å². The van der Waals surface area contributed by atoms with Gasteiger partial charge in [-0.1, -0.05) is 18.2 Å². The smallest absolute Gasteiger partial charge is 0.325 e. The fourth-order valence-corrected chi connectivity index (χ4v) is 3.91. The molecule has 164 valence electrons. The summed E-state index contributed by atoms with van der Waals surface area (Å²) in [5.41, 5.74) is 0.803. The summed E-state index contributed by atoms with van der Waals surface area (Å²) in [6.45, 7) is 1.92. The van der Waals surface area contributed by atoms with Gasteiger partial charge in [0.15, 0.2) is 0 Å². The highest BCUT2D eigenvalue weighted by atomic mass is 32.2. The molecule has 0 bridgehead atoms. The van der Waals surface area contributed by atoms with Gasteiger partial charge in [0.1, 0.15) is 0 Å². The molecule has 0 radical (unpaired) electrons. The van der Waals surface area contributed by atoms with E-state index in [9.17, 15) is 26.4 Å². The second-order valence-electron chi connectivity index (χ2n) is 7.18. The Morgan fingerprint density at radius 2 is 1.63 bits per heavy atom. The van der Waals surface area contributed by atoms with Gasteiger partial charge in [0.05, 0.1) is 17.0 Å². The summed E-state index contributed by atoms with van der Waals surface area (Å²) in [5.74, 6) is -0.374. The van der Waals surface area contributed by atoms with Crippen molar-refractivity contribution in [2.45, 2.75) is 24.5 Å². The van der Waals surface area contributed by atoms with Crippen LogP contribution in [-0.2, 0) is 27.5 Å². The Labute approximate surface area is 174 Å². The van der Waals surface area contributed by atoms with E-state index in [4.69, 9.17) is 0 Å². The van der Waals surface area contributed by atoms with Gasteiger partial charge in [-0.25, -0.2) is 12.7 Å². The first-order valence-electron chi connectivity index (χ1n) is 8.98. The van der Waals surface area contributed by atoms with E-state index in [0.717, 1.165) is 16.4 Å². The topological polar surface area (TPSA) is 69.7 Å². The third-order valence-corrected chi connectivity index (χ3v) is 6.33. The maximum atomic E-state index is 12.6. The van der Waals surface area contributed by atoms with Gasteiger partial charge in [-0.05, 0) is 49.4 Å². The zero-order chi connectivity index (χ0) is 22.7. The van der Waals surface area contributed by atoms with Crippen molar-refractivity contribution in [3.8, 4) is 0 Å². The summed E-state index contributed by atoms with van der Waals surface area (Å²) in [6, 6.07) is 9.36. The molecular weight excluding hydrogens is 419 g/mol. The number of hydrogen-bond acceptors (Lipinski definition) is 4. The summed E-state index contributed by atoms with van der Waals surface area (Å²) in [6.07, 6.45) is -4.39. The van der Waals surface area contributed by atoms with Crippen LogP contribution in [-0.4, -0.2) is 51.2 Å². The number of halogens is 3. The number of carbonyl (C=O) groups is 1. The SMILES string of the molecule is Cc1ccc(NC(=O)CN(C)Cc2ccc(C(F)(F)F)cc2)cc1S(=O)(=O)N(C)C. The largest absolute Gasteiger partial charge is 0.416 e. The van der Waals surface area contributed by atoms with Crippen molar-refractivity contribution in [3.63, 3.8) is 0 Å². The summed E-state index contributed by atoms with van der Waals surface area (Å²) in [4.78, 5) is 14.1. The zero-order valence-corrected chi connectivity index (χ0v) is 17.9. The average Bonchev–Trinajstić information content (AvgIpc) is 2.62. The first kappa shape index (κ1) is 23.8. The molecule has 6 nitrogen and oxygen atoms in total. The van der Waals surface area contributed by atoms with E-state index in [0.29, 0.717) is 16.8 Å². The number of sulfonamides is 1. The van der Waals surface area contributed by atoms with Crippen LogP contribution in [0.3, 0.4) is 0 Å². The van der Waals surface area contributed by atoms with Crippen LogP contribution in [0.15, 0.2) is 47.4 Å². The highest BCUT2D eigenvalue weighted by Crippen LogP contribution is 2.29. The van der Waals surface area contributed by atoms with Gasteiger partial charge >= 0.3 is 6.18 Å². The zero-order valence-electron chi connectivity index (χ0n) is 17.1. The van der Waals surface area contributed by atoms with Gasteiger partial charge in [-0.2, -0.15) is 13.2 Å². The molecule has 0 heterocycles. The van der Waals surface area contributed by atoms with Gasteiger partial charge in [-0.3, -0.25) is 9.69 Å². The quantitative estimate of drug-likeness (QED) is 0.713. The average molecular weight is 443 g/mol. The van der Waals surface area contributed by atoms with Crippen LogP contribution in [0.25, 0.3) is 0 Å². The van der Waals surface area contributed by atoms with E-state index < -0.39 is 21.8 Å². The molecule has 10 heteroatoms. The van der Waals surface area contributed by atoms with Crippen LogP contribution in [0, 0.1) is 6.92 Å². The Kier molecular flexibility index (Phi) is 7.27. The number of aryl methyl sites for hydroxylation is 1. The minimum Gasteiger partial charge on any atom is -0.325 e. The maximum absolute atomic E-state index is 12.6. The molecule has 0 aliphatic heterocycles. The van der Waals surface area contributed by atoms with E-state index in [1.165, 1.54) is 32.3 Å². The lowest BCUT2D eigenvalue weighted by molar-refractivity contribution is -0.137. The number of anilines is 1. The van der Waals surface area contributed by atoms with Crippen molar-refractivity contribution in [1.29, 1.82) is 0 Å². The molecule has 1 N–H and O–H groups in total. The molecular formula is C20H24F3N3O3S. The second-order valence-corrected chi connectivity index (χ2v) is 9.30. The van der Waals surface area contributed by atoms with Crippen LogP contribution in [0.5, 0.6) is 0 Å². The van der Waals surface area contributed by atoms with Gasteiger partial charge < -0.3 is 5.32 Å². The van der Waals surface area contributed by atoms with Gasteiger partial charge in [0, 0.05) is 26.3 Å². The number of likely N-dealkylation sites (N-methyl/N-ethyl adjacent to an activating group) is 1. The van der Waals surface area contributed by atoms with Crippen LogP contribution >= 0.6 is 0 Å². The van der Waals surface area contributed by atoms with Crippen LogP contribution in [0.2, 0.25) is 0 Å². The lowest BCUT2D eigenvalue weighted by Gasteiger charge is -2.18. The first-order chi connectivity index (χ1) is 13.8. The van der Waals surface area contributed by atoms with Crippen molar-refractivity contribution in [3.05, 3.63) is 59.2 Å². The molecule has 0 saturated heterocycles. The minimum absolute atomic E-state index is 0.0232. The monoisotopic (exact) mass is 443 g/mol. The Bertz CT molecular complexity index is 1000. The Morgan fingerprint density at radius 1 is 1.03 bits per heavy atom. The maximum Gasteiger partial charge on any atom is 0.416 e. The van der Waals surface area contributed by atoms with Crippen molar-refractivity contribution < 1.29 is 26.4 Å².